The third kappa shape index (κ3) is 5.80. The predicted molar refractivity (Wildman–Crippen MR) is 116 cm³/mol. The molecule has 0 aliphatic rings. The topological polar surface area (TPSA) is 44.1 Å². The van der Waals surface area contributed by atoms with Crippen LogP contribution in [0, 0.1) is 5.92 Å². The van der Waals surface area contributed by atoms with Gasteiger partial charge in [0.05, 0.1) is 13.0 Å². The lowest BCUT2D eigenvalue weighted by Crippen LogP contribution is -2.23. The molecule has 0 saturated carbocycles. The van der Waals surface area contributed by atoms with Crippen LogP contribution in [-0.4, -0.2) is 22.6 Å². The number of aryl methyl sites for hydroxylation is 1. The van der Waals surface area contributed by atoms with Crippen LogP contribution >= 0.6 is 0 Å². The molecule has 0 radical (unpaired) electrons. The summed E-state index contributed by atoms with van der Waals surface area (Å²) in [6.45, 7) is 2.97. The lowest BCUT2D eigenvalue weighted by Gasteiger charge is -2.17. The van der Waals surface area contributed by atoms with Crippen molar-refractivity contribution in [1.82, 2.24) is 9.55 Å². The number of ether oxygens (including phenoxy) is 1. The van der Waals surface area contributed by atoms with Gasteiger partial charge in [0.15, 0.2) is 0 Å². The first kappa shape index (κ1) is 20.8. The highest BCUT2D eigenvalue weighted by atomic mass is 16.5. The number of carbonyl (C=O) groups is 1. The molecule has 3 rings (SSSR count). The summed E-state index contributed by atoms with van der Waals surface area (Å²) in [7, 11) is 1.47. The summed E-state index contributed by atoms with van der Waals surface area (Å²) in [6, 6.07) is 20.5. The highest BCUT2D eigenvalue weighted by molar-refractivity contribution is 5.73. The van der Waals surface area contributed by atoms with Crippen LogP contribution < -0.4 is 0 Å². The first-order valence-corrected chi connectivity index (χ1v) is 10.4. The maximum absolute atomic E-state index is 12.5. The summed E-state index contributed by atoms with van der Waals surface area (Å²) >= 11 is 0. The number of benzene rings is 2. The minimum atomic E-state index is -0.229. The van der Waals surface area contributed by atoms with Crippen LogP contribution in [0.1, 0.15) is 42.4 Å². The average molecular weight is 391 g/mol. The fourth-order valence-electron chi connectivity index (χ4n) is 3.67. The van der Waals surface area contributed by atoms with Gasteiger partial charge in [0.1, 0.15) is 5.82 Å². The molecule has 2 aromatic carbocycles. The molecule has 0 N–H and O–H groups in total. The number of methoxy groups -OCH3 is 1. The van der Waals surface area contributed by atoms with Gasteiger partial charge in [-0.2, -0.15) is 0 Å². The SMILES string of the molecule is CCCCc1ncc(CC(Cc2ccccc2)C(=O)OC)n1Cc1ccccc1. The highest BCUT2D eigenvalue weighted by Crippen LogP contribution is 2.20. The summed E-state index contributed by atoms with van der Waals surface area (Å²) in [6.07, 6.45) is 6.41. The molecular formula is C25H30N2O2. The van der Waals surface area contributed by atoms with Gasteiger partial charge in [0.25, 0.3) is 0 Å². The molecule has 152 valence electrons. The van der Waals surface area contributed by atoms with Crippen LogP contribution in [0.25, 0.3) is 0 Å². The first-order valence-electron chi connectivity index (χ1n) is 10.4. The zero-order chi connectivity index (χ0) is 20.5. The second-order valence-corrected chi connectivity index (χ2v) is 7.45. The number of rotatable bonds is 10. The third-order valence-corrected chi connectivity index (χ3v) is 5.27. The summed E-state index contributed by atoms with van der Waals surface area (Å²) in [5.74, 6) is 0.693. The van der Waals surface area contributed by atoms with Gasteiger partial charge in [-0.15, -0.1) is 0 Å². The molecule has 1 unspecified atom stereocenters. The van der Waals surface area contributed by atoms with Crippen molar-refractivity contribution in [3.05, 3.63) is 89.5 Å². The zero-order valence-corrected chi connectivity index (χ0v) is 17.4. The van der Waals surface area contributed by atoms with Crippen molar-refractivity contribution in [3.8, 4) is 0 Å². The molecule has 0 aliphatic heterocycles. The van der Waals surface area contributed by atoms with Crippen molar-refractivity contribution in [2.75, 3.05) is 7.11 Å². The Bertz CT molecular complexity index is 888. The number of imidazole rings is 1. The van der Waals surface area contributed by atoms with Crippen LogP contribution in [0.5, 0.6) is 0 Å². The third-order valence-electron chi connectivity index (χ3n) is 5.27. The van der Waals surface area contributed by atoms with Gasteiger partial charge in [0.2, 0.25) is 0 Å². The zero-order valence-electron chi connectivity index (χ0n) is 17.4. The van der Waals surface area contributed by atoms with Crippen LogP contribution in [-0.2, 0) is 35.3 Å². The molecule has 1 atom stereocenters. The maximum atomic E-state index is 12.5. The number of carbonyl (C=O) groups excluding carboxylic acids is 1. The number of nitrogens with zero attached hydrogens (tertiary/aromatic N) is 2. The Kier molecular flexibility index (Phi) is 7.62. The maximum Gasteiger partial charge on any atom is 0.309 e. The van der Waals surface area contributed by atoms with Crippen molar-refractivity contribution in [1.29, 1.82) is 0 Å². The van der Waals surface area contributed by atoms with Gasteiger partial charge in [-0.3, -0.25) is 4.79 Å². The summed E-state index contributed by atoms with van der Waals surface area (Å²) in [4.78, 5) is 17.2. The Morgan fingerprint density at radius 1 is 1.00 bits per heavy atom. The molecular weight excluding hydrogens is 360 g/mol. The number of hydrogen-bond acceptors (Lipinski definition) is 3. The van der Waals surface area contributed by atoms with Crippen LogP contribution in [0.2, 0.25) is 0 Å². The van der Waals surface area contributed by atoms with Crippen LogP contribution in [0.15, 0.2) is 66.9 Å². The van der Waals surface area contributed by atoms with Crippen molar-refractivity contribution in [2.45, 2.75) is 45.6 Å². The number of aromatic nitrogens is 2. The van der Waals surface area contributed by atoms with E-state index < -0.39 is 0 Å². The number of hydrogen-bond donors (Lipinski definition) is 0. The van der Waals surface area contributed by atoms with Gasteiger partial charge in [0, 0.05) is 31.3 Å². The standard InChI is InChI=1S/C25H30N2O2/c1-3-4-15-24-26-18-23(27(24)19-21-13-9-6-10-14-21)17-22(25(28)29-2)16-20-11-7-5-8-12-20/h5-14,18,22H,3-4,15-17,19H2,1-2H3. The summed E-state index contributed by atoms with van der Waals surface area (Å²) in [5, 5.41) is 0. The molecule has 0 bridgehead atoms. The van der Waals surface area contributed by atoms with E-state index in [2.05, 4.69) is 47.9 Å². The minimum Gasteiger partial charge on any atom is -0.469 e. The quantitative estimate of drug-likeness (QED) is 0.465. The van der Waals surface area contributed by atoms with Crippen molar-refractivity contribution in [2.24, 2.45) is 5.92 Å². The van der Waals surface area contributed by atoms with Crippen LogP contribution in [0.3, 0.4) is 0 Å². The van der Waals surface area contributed by atoms with E-state index in [1.165, 1.54) is 12.7 Å². The Morgan fingerprint density at radius 2 is 1.66 bits per heavy atom. The van der Waals surface area contributed by atoms with E-state index in [1.807, 2.05) is 30.5 Å². The fourth-order valence-corrected chi connectivity index (χ4v) is 3.67. The second-order valence-electron chi connectivity index (χ2n) is 7.45. The Morgan fingerprint density at radius 3 is 2.28 bits per heavy atom. The Hall–Kier alpha value is -2.88. The largest absolute Gasteiger partial charge is 0.469 e. The van der Waals surface area contributed by atoms with Gasteiger partial charge in [-0.1, -0.05) is 74.0 Å². The molecule has 0 saturated heterocycles. The van der Waals surface area contributed by atoms with E-state index in [4.69, 9.17) is 9.72 Å². The molecule has 0 fully saturated rings. The van der Waals surface area contributed by atoms with Crippen molar-refractivity contribution >= 4 is 5.97 Å². The van der Waals surface area contributed by atoms with E-state index in [9.17, 15) is 4.79 Å². The first-order chi connectivity index (χ1) is 14.2. The molecule has 1 heterocycles. The molecule has 0 aliphatic carbocycles. The van der Waals surface area contributed by atoms with Gasteiger partial charge in [-0.25, -0.2) is 4.98 Å². The monoisotopic (exact) mass is 390 g/mol. The lowest BCUT2D eigenvalue weighted by atomic mass is 9.95. The van der Waals surface area contributed by atoms with E-state index in [0.29, 0.717) is 12.8 Å². The molecule has 0 spiro atoms. The van der Waals surface area contributed by atoms with Gasteiger partial charge >= 0.3 is 5.97 Å². The molecule has 4 nitrogen and oxygen atoms in total. The molecule has 3 aromatic rings. The van der Waals surface area contributed by atoms with E-state index in [0.717, 1.165) is 42.9 Å². The second kappa shape index (κ2) is 10.6. The normalized spacial score (nSPS) is 11.9. The Labute approximate surface area is 173 Å². The van der Waals surface area contributed by atoms with E-state index >= 15 is 0 Å². The number of esters is 1. The highest BCUT2D eigenvalue weighted by Gasteiger charge is 2.23. The molecule has 29 heavy (non-hydrogen) atoms. The molecule has 1 aromatic heterocycles. The van der Waals surface area contributed by atoms with Gasteiger partial charge in [-0.05, 0) is 24.0 Å². The summed E-state index contributed by atoms with van der Waals surface area (Å²) < 4.78 is 7.40. The minimum absolute atomic E-state index is 0.170. The van der Waals surface area contributed by atoms with Gasteiger partial charge < -0.3 is 9.30 Å². The average Bonchev–Trinajstić information content (AvgIpc) is 3.13. The van der Waals surface area contributed by atoms with E-state index in [-0.39, 0.29) is 11.9 Å². The molecule has 0 amide bonds. The summed E-state index contributed by atoms with van der Waals surface area (Å²) in [5.41, 5.74) is 3.47. The fraction of sp³-hybridized carbons (Fsp3) is 0.360. The van der Waals surface area contributed by atoms with E-state index in [1.54, 1.807) is 0 Å². The number of unbranched alkanes of at least 4 members (excludes halogenated alkanes) is 1. The molecule has 4 heteroatoms. The predicted octanol–water partition coefficient (Wildman–Crippen LogP) is 4.85. The van der Waals surface area contributed by atoms with Crippen molar-refractivity contribution in [3.63, 3.8) is 0 Å². The Balaban J connectivity index is 1.86. The smallest absolute Gasteiger partial charge is 0.309 e. The van der Waals surface area contributed by atoms with Crippen LogP contribution in [0.4, 0.5) is 0 Å². The van der Waals surface area contributed by atoms with Crippen molar-refractivity contribution < 1.29 is 9.53 Å². The lowest BCUT2D eigenvalue weighted by molar-refractivity contribution is -0.145.